The van der Waals surface area contributed by atoms with E-state index in [-0.39, 0.29) is 28.2 Å². The van der Waals surface area contributed by atoms with Crippen molar-refractivity contribution in [3.63, 3.8) is 0 Å². The molecule has 2 atom stereocenters. The van der Waals surface area contributed by atoms with Gasteiger partial charge in [0.25, 0.3) is 0 Å². The van der Waals surface area contributed by atoms with E-state index in [0.29, 0.717) is 31.2 Å². The fourth-order valence-electron chi connectivity index (χ4n) is 4.31. The minimum absolute atomic E-state index is 0.0240. The fraction of sp³-hybridized carbons (Fsp3) is 0.500. The molecule has 2 aromatic rings. The summed E-state index contributed by atoms with van der Waals surface area (Å²) in [7, 11) is 0. The molecule has 3 aliphatic rings. The number of nitrogens with zero attached hydrogens (tertiary/aromatic N) is 3. The summed E-state index contributed by atoms with van der Waals surface area (Å²) in [6.45, 7) is 1.97. The molecule has 3 heterocycles. The van der Waals surface area contributed by atoms with Crippen LogP contribution in [0.2, 0.25) is 0 Å². The highest BCUT2D eigenvalue weighted by Gasteiger charge is 2.59. The first-order chi connectivity index (χ1) is 12.4. The van der Waals surface area contributed by atoms with Gasteiger partial charge in [0, 0.05) is 30.7 Å². The zero-order chi connectivity index (χ0) is 18.2. The molecule has 0 bridgehead atoms. The summed E-state index contributed by atoms with van der Waals surface area (Å²) in [5, 5.41) is 9.31. The first kappa shape index (κ1) is 15.7. The molecule has 0 aromatic carbocycles. The molecule has 2 aliphatic carbocycles. The van der Waals surface area contributed by atoms with Crippen molar-refractivity contribution in [3.05, 3.63) is 33.9 Å². The number of halogens is 1. The molecule has 0 spiro atoms. The number of carbonyl (C=O) groups is 1. The zero-order valence-electron chi connectivity index (χ0n) is 14.1. The van der Waals surface area contributed by atoms with Crippen molar-refractivity contribution in [1.82, 2.24) is 9.55 Å². The molecule has 0 radical (unpaired) electrons. The van der Waals surface area contributed by atoms with Crippen molar-refractivity contribution in [3.8, 4) is 0 Å². The van der Waals surface area contributed by atoms with Gasteiger partial charge < -0.3 is 20.3 Å². The number of aromatic nitrogens is 2. The second kappa shape index (κ2) is 5.03. The summed E-state index contributed by atoms with van der Waals surface area (Å²) >= 11 is 0. The van der Waals surface area contributed by atoms with E-state index in [1.54, 1.807) is 4.57 Å². The van der Waals surface area contributed by atoms with E-state index < -0.39 is 17.2 Å². The Morgan fingerprint density at radius 1 is 1.46 bits per heavy atom. The van der Waals surface area contributed by atoms with Gasteiger partial charge in [-0.15, -0.1) is 0 Å². The number of piperidine rings is 1. The Morgan fingerprint density at radius 2 is 2.23 bits per heavy atom. The number of nitrogens with two attached hydrogens (primary N) is 1. The maximum absolute atomic E-state index is 14.8. The Balaban J connectivity index is 1.67. The van der Waals surface area contributed by atoms with Crippen molar-refractivity contribution in [2.24, 2.45) is 17.1 Å². The molecular weight excluding hydrogens is 339 g/mol. The third kappa shape index (κ3) is 2.11. The van der Waals surface area contributed by atoms with Crippen molar-refractivity contribution >= 4 is 22.8 Å². The second-order valence-electron chi connectivity index (χ2n) is 7.83. The highest BCUT2D eigenvalue weighted by atomic mass is 19.1. The molecule has 136 valence electrons. The van der Waals surface area contributed by atoms with Crippen LogP contribution in [0.1, 0.15) is 35.7 Å². The van der Waals surface area contributed by atoms with Gasteiger partial charge >= 0.3 is 5.97 Å². The molecule has 8 heteroatoms. The summed E-state index contributed by atoms with van der Waals surface area (Å²) in [4.78, 5) is 30.2. The molecular formula is C18H19FN4O3. The summed E-state index contributed by atoms with van der Waals surface area (Å²) in [6, 6.07) is 1.26. The highest BCUT2D eigenvalue weighted by Crippen LogP contribution is 2.57. The molecule has 3 fully saturated rings. The van der Waals surface area contributed by atoms with Gasteiger partial charge in [0.05, 0.1) is 5.39 Å². The Labute approximate surface area is 148 Å². The third-order valence-corrected chi connectivity index (χ3v) is 6.12. The van der Waals surface area contributed by atoms with Crippen LogP contribution in [0.15, 0.2) is 17.1 Å². The maximum Gasteiger partial charge on any atom is 0.341 e. The minimum Gasteiger partial charge on any atom is -0.477 e. The van der Waals surface area contributed by atoms with Crippen molar-refractivity contribution in [2.75, 3.05) is 24.5 Å². The zero-order valence-corrected chi connectivity index (χ0v) is 14.1. The second-order valence-corrected chi connectivity index (χ2v) is 7.83. The molecule has 0 amide bonds. The molecule has 3 N–H and O–H groups in total. The number of carboxylic acid groups (broad SMARTS) is 1. The average molecular weight is 358 g/mol. The number of rotatable bonds is 4. The molecule has 2 aromatic heterocycles. The number of hydrogen-bond donors (Lipinski definition) is 2. The first-order valence-corrected chi connectivity index (χ1v) is 8.87. The number of carboxylic acids is 1. The van der Waals surface area contributed by atoms with Crippen molar-refractivity contribution in [2.45, 2.75) is 25.3 Å². The van der Waals surface area contributed by atoms with E-state index >= 15 is 0 Å². The Hall–Kier alpha value is -2.48. The lowest BCUT2D eigenvalue weighted by Crippen LogP contribution is -2.30. The molecule has 1 aliphatic heterocycles. The van der Waals surface area contributed by atoms with E-state index in [4.69, 9.17) is 5.73 Å². The third-order valence-electron chi connectivity index (χ3n) is 6.12. The lowest BCUT2D eigenvalue weighted by atomic mass is 10.1. The van der Waals surface area contributed by atoms with Crippen molar-refractivity contribution < 1.29 is 14.3 Å². The summed E-state index contributed by atoms with van der Waals surface area (Å²) in [5.74, 6) is -1.19. The van der Waals surface area contributed by atoms with Gasteiger partial charge in [-0.25, -0.2) is 14.2 Å². The van der Waals surface area contributed by atoms with Gasteiger partial charge in [0.1, 0.15) is 11.2 Å². The lowest BCUT2D eigenvalue weighted by molar-refractivity contribution is 0.0695. The van der Waals surface area contributed by atoms with Crippen LogP contribution in [-0.4, -0.2) is 40.3 Å². The smallest absolute Gasteiger partial charge is 0.341 e. The van der Waals surface area contributed by atoms with Gasteiger partial charge in [0.15, 0.2) is 11.6 Å². The number of fused-ring (bicyclic) bond motifs is 2. The highest BCUT2D eigenvalue weighted by molar-refractivity contribution is 5.92. The predicted octanol–water partition coefficient (Wildman–Crippen LogP) is 1.35. The molecule has 26 heavy (non-hydrogen) atoms. The summed E-state index contributed by atoms with van der Waals surface area (Å²) < 4.78 is 16.5. The molecule has 1 saturated heterocycles. The standard InChI is InChI=1S/C18H19FN4O3/c19-13-3-11-14(24)12(17(25)26)6-23(10-1-2-10)15(11)21-16(13)22-5-9-4-18(9,7-20)8-22/h3,6,9-10H,1-2,4-5,7-8,20H2,(H,25,26). The van der Waals surface area contributed by atoms with E-state index in [9.17, 15) is 19.1 Å². The van der Waals surface area contributed by atoms with Crippen LogP contribution in [-0.2, 0) is 0 Å². The van der Waals surface area contributed by atoms with E-state index in [2.05, 4.69) is 4.98 Å². The molecule has 5 rings (SSSR count). The minimum atomic E-state index is -1.31. The van der Waals surface area contributed by atoms with Crippen LogP contribution >= 0.6 is 0 Å². The lowest BCUT2D eigenvalue weighted by Gasteiger charge is -2.23. The predicted molar refractivity (Wildman–Crippen MR) is 93.0 cm³/mol. The Kier molecular flexibility index (Phi) is 3.05. The van der Waals surface area contributed by atoms with E-state index in [0.717, 1.165) is 25.3 Å². The summed E-state index contributed by atoms with van der Waals surface area (Å²) in [5.41, 5.74) is 5.28. The monoisotopic (exact) mass is 358 g/mol. The average Bonchev–Trinajstić information content (AvgIpc) is 3.53. The summed E-state index contributed by atoms with van der Waals surface area (Å²) in [6.07, 6.45) is 4.22. The van der Waals surface area contributed by atoms with Crippen LogP contribution in [0, 0.1) is 17.2 Å². The molecule has 7 nitrogen and oxygen atoms in total. The van der Waals surface area contributed by atoms with Gasteiger partial charge in [0.2, 0.25) is 5.43 Å². The van der Waals surface area contributed by atoms with Crippen molar-refractivity contribution in [1.29, 1.82) is 0 Å². The van der Waals surface area contributed by atoms with Crippen LogP contribution in [0.25, 0.3) is 11.0 Å². The van der Waals surface area contributed by atoms with Gasteiger partial charge in [-0.1, -0.05) is 0 Å². The number of pyridine rings is 2. The van der Waals surface area contributed by atoms with E-state index in [1.807, 2.05) is 4.90 Å². The SMILES string of the molecule is NCC12CC1CN(c1nc3c(cc1F)c(=O)c(C(=O)O)cn3C1CC1)C2. The normalized spacial score (nSPS) is 27.0. The number of aromatic carboxylic acids is 1. The fourth-order valence-corrected chi connectivity index (χ4v) is 4.31. The maximum atomic E-state index is 14.8. The van der Waals surface area contributed by atoms with Crippen LogP contribution in [0.3, 0.4) is 0 Å². The Morgan fingerprint density at radius 3 is 2.85 bits per heavy atom. The van der Waals surface area contributed by atoms with Gasteiger partial charge in [-0.2, -0.15) is 0 Å². The largest absolute Gasteiger partial charge is 0.477 e. The van der Waals surface area contributed by atoms with Crippen LogP contribution in [0.5, 0.6) is 0 Å². The molecule has 2 saturated carbocycles. The van der Waals surface area contributed by atoms with Crippen LogP contribution < -0.4 is 16.1 Å². The van der Waals surface area contributed by atoms with E-state index in [1.165, 1.54) is 6.20 Å². The Bertz CT molecular complexity index is 1010. The quantitative estimate of drug-likeness (QED) is 0.856. The first-order valence-electron chi connectivity index (χ1n) is 8.87. The number of anilines is 1. The van der Waals surface area contributed by atoms with Gasteiger partial charge in [-0.05, 0) is 37.8 Å². The van der Waals surface area contributed by atoms with Crippen LogP contribution in [0.4, 0.5) is 10.2 Å². The topological polar surface area (TPSA) is 101 Å². The van der Waals surface area contributed by atoms with Gasteiger partial charge in [-0.3, -0.25) is 4.79 Å². The number of hydrogen-bond acceptors (Lipinski definition) is 5. The molecule has 2 unspecified atom stereocenters.